The predicted octanol–water partition coefficient (Wildman–Crippen LogP) is 17.5. The molecule has 10 aromatic rings. The van der Waals surface area contributed by atoms with E-state index in [1.165, 1.54) is 24.3 Å². The first kappa shape index (κ1) is 42.7. The van der Waals surface area contributed by atoms with Gasteiger partial charge in [0.1, 0.15) is 17.7 Å². The number of para-hydroxylation sites is 2. The first-order valence-electron chi connectivity index (χ1n) is 23.1. The van der Waals surface area contributed by atoms with Crippen molar-refractivity contribution in [1.82, 2.24) is 9.13 Å². The summed E-state index contributed by atoms with van der Waals surface area (Å²) in [5, 5.41) is 4.45. The Labute approximate surface area is 400 Å². The minimum absolute atomic E-state index is 0.116. The molecule has 11 rings (SSSR count). The van der Waals surface area contributed by atoms with Gasteiger partial charge in [-0.05, 0) is 152 Å². The number of halogens is 2. The molecule has 0 radical (unpaired) electrons. The first-order valence-corrected chi connectivity index (χ1v) is 23.1. The number of benzene rings is 8. The summed E-state index contributed by atoms with van der Waals surface area (Å²) in [5.41, 5.74) is 12.7. The molecule has 4 nitrogen and oxygen atoms in total. The number of aromatic nitrogens is 2. The number of fused-ring (bicyclic) bond motifs is 6. The van der Waals surface area contributed by atoms with Crippen molar-refractivity contribution in [2.45, 2.75) is 19.4 Å². The quantitative estimate of drug-likeness (QED) is 0.0950. The second-order valence-corrected chi connectivity index (χ2v) is 17.0. The number of anilines is 6. The molecule has 1 aliphatic carbocycles. The topological polar surface area (TPSA) is 16.3 Å². The number of nitrogens with zero attached hydrogens (tertiary/aromatic N) is 4. The Bertz CT molecular complexity index is 3740. The van der Waals surface area contributed by atoms with Gasteiger partial charge in [-0.3, -0.25) is 0 Å². The van der Waals surface area contributed by atoms with Crippen molar-refractivity contribution in [1.29, 1.82) is 0 Å². The van der Waals surface area contributed by atoms with Gasteiger partial charge in [0.05, 0.1) is 22.1 Å². The molecule has 2 aromatic heterocycles. The van der Waals surface area contributed by atoms with Crippen LogP contribution in [0.2, 0.25) is 0 Å². The summed E-state index contributed by atoms with van der Waals surface area (Å²) < 4.78 is 33.3. The average Bonchev–Trinajstić information content (AvgIpc) is 3.88. The Hall–Kier alpha value is -8.92. The molecule has 69 heavy (non-hydrogen) atoms. The van der Waals surface area contributed by atoms with Gasteiger partial charge in [0.2, 0.25) is 0 Å². The molecule has 0 saturated carbocycles. The van der Waals surface area contributed by atoms with E-state index < -0.39 is 0 Å². The van der Waals surface area contributed by atoms with Gasteiger partial charge >= 0.3 is 0 Å². The van der Waals surface area contributed by atoms with Crippen molar-refractivity contribution < 1.29 is 8.78 Å². The second-order valence-electron chi connectivity index (χ2n) is 17.0. The van der Waals surface area contributed by atoms with Crippen molar-refractivity contribution >= 4 is 83.4 Å². The SMILES string of the molecule is C=C(/C=C\C=C/C)n1c2ccccc2c2cc(N(c3ccc(F)cc3)c3ccc(-c4ccc(N(c5ccc(F)cc5)c5ccc6c(c5)c5ccccc5n6C5C#CC/C=C\C=C/5)cc4)cc3)ccc21. The molecule has 0 saturated heterocycles. The first-order chi connectivity index (χ1) is 33.9. The van der Waals surface area contributed by atoms with Crippen LogP contribution in [0.1, 0.15) is 19.4 Å². The second kappa shape index (κ2) is 18.4. The maximum atomic E-state index is 14.4. The lowest BCUT2D eigenvalue weighted by Gasteiger charge is -2.26. The third-order valence-corrected chi connectivity index (χ3v) is 12.8. The van der Waals surface area contributed by atoms with Crippen LogP contribution in [-0.4, -0.2) is 9.13 Å². The number of hydrogen-bond acceptors (Lipinski definition) is 2. The summed E-state index contributed by atoms with van der Waals surface area (Å²) >= 11 is 0. The van der Waals surface area contributed by atoms with Crippen molar-refractivity contribution in [2.24, 2.45) is 0 Å². The zero-order chi connectivity index (χ0) is 46.8. The maximum Gasteiger partial charge on any atom is 0.123 e. The molecule has 0 aliphatic heterocycles. The van der Waals surface area contributed by atoms with Gasteiger partial charge in [-0.25, -0.2) is 8.78 Å². The van der Waals surface area contributed by atoms with Gasteiger partial charge in [0.25, 0.3) is 0 Å². The van der Waals surface area contributed by atoms with Crippen LogP contribution in [0.15, 0.2) is 237 Å². The van der Waals surface area contributed by atoms with E-state index in [-0.39, 0.29) is 17.7 Å². The molecule has 1 aliphatic rings. The van der Waals surface area contributed by atoms with Crippen LogP contribution in [0, 0.1) is 23.5 Å². The molecule has 8 aromatic carbocycles. The van der Waals surface area contributed by atoms with Crippen LogP contribution < -0.4 is 9.80 Å². The lowest BCUT2D eigenvalue weighted by atomic mass is 10.0. The fourth-order valence-electron chi connectivity index (χ4n) is 9.61. The molecule has 0 spiro atoms. The highest BCUT2D eigenvalue weighted by Gasteiger charge is 2.21. The van der Waals surface area contributed by atoms with Crippen LogP contribution >= 0.6 is 0 Å². The molecule has 0 amide bonds. The molecule has 332 valence electrons. The van der Waals surface area contributed by atoms with Gasteiger partial charge in [0, 0.05) is 67.8 Å². The maximum absolute atomic E-state index is 14.4. The summed E-state index contributed by atoms with van der Waals surface area (Å²) in [6.45, 7) is 6.41. The molecule has 6 heteroatoms. The molecule has 0 N–H and O–H groups in total. The predicted molar refractivity (Wildman–Crippen MR) is 286 cm³/mol. The Morgan fingerprint density at radius 2 is 1.00 bits per heavy atom. The fourth-order valence-corrected chi connectivity index (χ4v) is 9.61. The van der Waals surface area contributed by atoms with Crippen LogP contribution in [0.25, 0.3) is 60.4 Å². The summed E-state index contributed by atoms with van der Waals surface area (Å²) in [6, 6.07) is 60.0. The minimum Gasteiger partial charge on any atom is -0.322 e. The van der Waals surface area contributed by atoms with Crippen LogP contribution in [0.5, 0.6) is 0 Å². The Balaban J connectivity index is 0.949. The van der Waals surface area contributed by atoms with E-state index in [0.717, 1.165) is 94.6 Å². The number of rotatable bonds is 11. The van der Waals surface area contributed by atoms with Crippen molar-refractivity contribution in [3.63, 3.8) is 0 Å². The summed E-state index contributed by atoms with van der Waals surface area (Å²) in [5.74, 6) is 6.21. The number of allylic oxidation sites excluding steroid dienone is 9. The van der Waals surface area contributed by atoms with Crippen LogP contribution in [0.4, 0.5) is 42.9 Å². The third kappa shape index (κ3) is 8.11. The summed E-state index contributed by atoms with van der Waals surface area (Å²) in [4.78, 5) is 4.33. The van der Waals surface area contributed by atoms with E-state index in [9.17, 15) is 8.78 Å². The van der Waals surface area contributed by atoms with Gasteiger partial charge in [-0.15, -0.1) is 0 Å². The highest BCUT2D eigenvalue weighted by Crippen LogP contribution is 2.43. The van der Waals surface area contributed by atoms with Crippen LogP contribution in [0.3, 0.4) is 0 Å². The highest BCUT2D eigenvalue weighted by atomic mass is 19.1. The molecule has 2 heterocycles. The standard InChI is InChI=1S/C63H46F2N4/c1-3-4-8-15-44(2)66-60-20-13-11-18-56(60)58-42-54(38-40-62(58)66)67(52-34-26-47(64)27-35-52)50-30-22-45(23-31-50)46-24-32-51(33-25-46)68(53-36-28-48(65)29-37-53)55-39-41-63-59(43-55)57-19-12-14-21-61(57)69(63)49-16-9-6-5-7-10-17-49/h3-6,8-9,11-16,18-43,49H,2,7H2,1H3/b4-3-,6-5-,15-8-,16-9-. The Morgan fingerprint density at radius 3 is 1.58 bits per heavy atom. The van der Waals surface area contributed by atoms with E-state index in [1.54, 1.807) is 0 Å². The summed E-state index contributed by atoms with van der Waals surface area (Å²) in [7, 11) is 0. The lowest BCUT2D eigenvalue weighted by Crippen LogP contribution is -2.10. The van der Waals surface area contributed by atoms with E-state index in [1.807, 2.05) is 55.5 Å². The smallest absolute Gasteiger partial charge is 0.123 e. The van der Waals surface area contributed by atoms with Crippen molar-refractivity contribution in [3.8, 4) is 23.0 Å². The monoisotopic (exact) mass is 896 g/mol. The van der Waals surface area contributed by atoms with Gasteiger partial charge in [-0.2, -0.15) is 0 Å². The molecular weight excluding hydrogens is 851 g/mol. The Morgan fingerprint density at radius 1 is 0.536 bits per heavy atom. The molecule has 1 atom stereocenters. The zero-order valence-electron chi connectivity index (χ0n) is 38.0. The van der Waals surface area contributed by atoms with Crippen molar-refractivity contribution in [2.75, 3.05) is 9.80 Å². The zero-order valence-corrected chi connectivity index (χ0v) is 38.0. The molecule has 0 bridgehead atoms. The van der Waals surface area contributed by atoms with E-state index in [4.69, 9.17) is 0 Å². The average molecular weight is 897 g/mol. The van der Waals surface area contributed by atoms with E-state index in [2.05, 4.69) is 195 Å². The molecule has 0 fully saturated rings. The normalized spacial score (nSPS) is 14.6. The van der Waals surface area contributed by atoms with E-state index >= 15 is 0 Å². The largest absolute Gasteiger partial charge is 0.322 e. The van der Waals surface area contributed by atoms with Crippen molar-refractivity contribution in [3.05, 3.63) is 249 Å². The molecule has 1 unspecified atom stereocenters. The minimum atomic E-state index is -0.294. The number of hydrogen-bond donors (Lipinski definition) is 0. The summed E-state index contributed by atoms with van der Waals surface area (Å²) in [6.07, 6.45) is 17.1. The van der Waals surface area contributed by atoms with Gasteiger partial charge in [0.15, 0.2) is 0 Å². The van der Waals surface area contributed by atoms with Gasteiger partial charge in [-0.1, -0.05) is 116 Å². The molecular formula is C63H46F2N4. The highest BCUT2D eigenvalue weighted by molar-refractivity contribution is 6.12. The van der Waals surface area contributed by atoms with Crippen LogP contribution in [-0.2, 0) is 0 Å². The van der Waals surface area contributed by atoms with E-state index in [0.29, 0.717) is 6.42 Å². The fraction of sp³-hybridized carbons (Fsp3) is 0.0476. The third-order valence-electron chi connectivity index (χ3n) is 12.8. The lowest BCUT2D eigenvalue weighted by molar-refractivity contribution is 0.627. The van der Waals surface area contributed by atoms with Gasteiger partial charge < -0.3 is 18.9 Å². The Kier molecular flexibility index (Phi) is 11.4.